The van der Waals surface area contributed by atoms with Crippen LogP contribution in [0.15, 0.2) is 36.4 Å². The molecule has 0 aromatic heterocycles. The number of carbonyl (C=O) groups is 1. The number of aromatic hydroxyl groups is 2. The predicted octanol–water partition coefficient (Wildman–Crippen LogP) is 2.81. The second kappa shape index (κ2) is 5.01. The Balaban J connectivity index is 1.99. The summed E-state index contributed by atoms with van der Waals surface area (Å²) >= 11 is 0. The molecule has 21 heavy (non-hydrogen) atoms. The van der Waals surface area contributed by atoms with E-state index in [1.54, 1.807) is 19.2 Å². The monoisotopic (exact) mass is 286 g/mol. The second-order valence-electron chi connectivity index (χ2n) is 4.85. The van der Waals surface area contributed by atoms with Crippen molar-refractivity contribution in [1.82, 2.24) is 0 Å². The van der Waals surface area contributed by atoms with Crippen molar-refractivity contribution in [3.05, 3.63) is 47.5 Å². The first-order chi connectivity index (χ1) is 10.1. The smallest absolute Gasteiger partial charge is 0.174 e. The number of methoxy groups -OCH3 is 1. The van der Waals surface area contributed by atoms with Gasteiger partial charge in [-0.05, 0) is 17.7 Å². The number of rotatable bonds is 2. The molecular weight excluding hydrogens is 272 g/mol. The number of hydrogen-bond acceptors (Lipinski definition) is 5. The van der Waals surface area contributed by atoms with Crippen LogP contribution in [-0.4, -0.2) is 23.1 Å². The van der Waals surface area contributed by atoms with E-state index in [-0.39, 0.29) is 35.0 Å². The molecule has 5 heteroatoms. The van der Waals surface area contributed by atoms with E-state index in [2.05, 4.69) is 0 Å². The Hall–Kier alpha value is -2.69. The summed E-state index contributed by atoms with van der Waals surface area (Å²) in [5.74, 6) is 0.232. The highest BCUT2D eigenvalue weighted by Gasteiger charge is 2.30. The van der Waals surface area contributed by atoms with E-state index in [9.17, 15) is 15.0 Å². The Morgan fingerprint density at radius 3 is 2.81 bits per heavy atom. The lowest BCUT2D eigenvalue weighted by atomic mass is 9.95. The highest BCUT2D eigenvalue weighted by molar-refractivity contribution is 6.02. The third kappa shape index (κ3) is 2.38. The van der Waals surface area contributed by atoms with E-state index >= 15 is 0 Å². The first kappa shape index (κ1) is 13.3. The Labute approximate surface area is 121 Å². The van der Waals surface area contributed by atoms with E-state index < -0.39 is 6.10 Å². The van der Waals surface area contributed by atoms with Crippen LogP contribution in [0, 0.1) is 0 Å². The van der Waals surface area contributed by atoms with Crippen molar-refractivity contribution in [3.8, 4) is 23.0 Å². The highest BCUT2D eigenvalue weighted by atomic mass is 16.5. The van der Waals surface area contributed by atoms with E-state index in [0.29, 0.717) is 5.75 Å². The van der Waals surface area contributed by atoms with Crippen LogP contribution < -0.4 is 9.47 Å². The highest BCUT2D eigenvalue weighted by Crippen LogP contribution is 2.41. The minimum Gasteiger partial charge on any atom is -0.508 e. The van der Waals surface area contributed by atoms with Crippen LogP contribution in [0.5, 0.6) is 23.0 Å². The van der Waals surface area contributed by atoms with E-state index in [4.69, 9.17) is 9.47 Å². The number of ether oxygens (including phenoxy) is 2. The minimum atomic E-state index is -0.471. The molecule has 0 radical (unpaired) electrons. The van der Waals surface area contributed by atoms with Crippen molar-refractivity contribution < 1.29 is 24.5 Å². The Morgan fingerprint density at radius 2 is 2.05 bits per heavy atom. The molecule has 1 atom stereocenters. The molecule has 108 valence electrons. The van der Waals surface area contributed by atoms with Crippen molar-refractivity contribution in [2.75, 3.05) is 7.11 Å². The number of benzene rings is 2. The lowest BCUT2D eigenvalue weighted by Crippen LogP contribution is -2.20. The molecule has 0 bridgehead atoms. The van der Waals surface area contributed by atoms with Crippen LogP contribution in [0.2, 0.25) is 0 Å². The van der Waals surface area contributed by atoms with Gasteiger partial charge in [-0.2, -0.15) is 0 Å². The van der Waals surface area contributed by atoms with Gasteiger partial charge in [-0.25, -0.2) is 0 Å². The van der Waals surface area contributed by atoms with Gasteiger partial charge >= 0.3 is 0 Å². The van der Waals surface area contributed by atoms with E-state index in [0.717, 1.165) is 11.6 Å². The first-order valence-corrected chi connectivity index (χ1v) is 6.48. The zero-order valence-electron chi connectivity index (χ0n) is 11.4. The van der Waals surface area contributed by atoms with E-state index in [1.165, 1.54) is 6.07 Å². The molecule has 2 aromatic carbocycles. The zero-order chi connectivity index (χ0) is 15.0. The van der Waals surface area contributed by atoms with Gasteiger partial charge in [0.2, 0.25) is 0 Å². The Morgan fingerprint density at radius 1 is 1.24 bits per heavy atom. The lowest BCUT2D eigenvalue weighted by Gasteiger charge is -2.26. The molecule has 0 saturated carbocycles. The van der Waals surface area contributed by atoms with Gasteiger partial charge in [0.1, 0.15) is 34.7 Å². The van der Waals surface area contributed by atoms with Gasteiger partial charge in [0.25, 0.3) is 0 Å². The fourth-order valence-corrected chi connectivity index (χ4v) is 2.45. The fourth-order valence-electron chi connectivity index (χ4n) is 2.45. The molecule has 3 rings (SSSR count). The van der Waals surface area contributed by atoms with Gasteiger partial charge in [0.15, 0.2) is 5.78 Å². The van der Waals surface area contributed by atoms with Gasteiger partial charge in [0.05, 0.1) is 13.5 Å². The van der Waals surface area contributed by atoms with Crippen molar-refractivity contribution in [3.63, 3.8) is 0 Å². The number of fused-ring (bicyclic) bond motifs is 1. The molecule has 0 aliphatic carbocycles. The molecule has 0 spiro atoms. The maximum Gasteiger partial charge on any atom is 0.174 e. The van der Waals surface area contributed by atoms with Crippen molar-refractivity contribution in [2.24, 2.45) is 0 Å². The summed E-state index contributed by atoms with van der Waals surface area (Å²) in [6, 6.07) is 9.72. The number of phenolic OH excluding ortho intramolecular Hbond substituents is 2. The maximum atomic E-state index is 12.2. The minimum absolute atomic E-state index is 0.118. The van der Waals surface area contributed by atoms with E-state index in [1.807, 2.05) is 12.1 Å². The largest absolute Gasteiger partial charge is 0.508 e. The fraction of sp³-hybridized carbons (Fsp3) is 0.188. The van der Waals surface area contributed by atoms with Crippen molar-refractivity contribution >= 4 is 5.78 Å². The van der Waals surface area contributed by atoms with Crippen LogP contribution in [0.1, 0.15) is 28.4 Å². The topological polar surface area (TPSA) is 76.0 Å². The van der Waals surface area contributed by atoms with Crippen LogP contribution >= 0.6 is 0 Å². The van der Waals surface area contributed by atoms with Gasteiger partial charge in [-0.3, -0.25) is 4.79 Å². The van der Waals surface area contributed by atoms with Gasteiger partial charge in [0, 0.05) is 12.1 Å². The maximum absolute atomic E-state index is 12.2. The summed E-state index contributed by atoms with van der Waals surface area (Å²) in [5, 5.41) is 19.3. The van der Waals surface area contributed by atoms with Crippen molar-refractivity contribution in [2.45, 2.75) is 12.5 Å². The summed E-state index contributed by atoms with van der Waals surface area (Å²) in [6.07, 6.45) is -0.348. The zero-order valence-corrected chi connectivity index (χ0v) is 11.4. The van der Waals surface area contributed by atoms with Crippen LogP contribution in [0.4, 0.5) is 0 Å². The summed E-state index contributed by atoms with van der Waals surface area (Å²) in [7, 11) is 1.57. The van der Waals surface area contributed by atoms with Gasteiger partial charge in [-0.1, -0.05) is 12.1 Å². The van der Waals surface area contributed by atoms with Gasteiger partial charge in [-0.15, -0.1) is 0 Å². The predicted molar refractivity (Wildman–Crippen MR) is 75.1 cm³/mol. The quantitative estimate of drug-likeness (QED) is 0.887. The third-order valence-corrected chi connectivity index (χ3v) is 3.45. The number of carbonyl (C=O) groups excluding carboxylic acids is 1. The first-order valence-electron chi connectivity index (χ1n) is 6.48. The average molecular weight is 286 g/mol. The molecule has 0 fully saturated rings. The summed E-state index contributed by atoms with van der Waals surface area (Å²) in [5.41, 5.74) is 0.920. The number of Topliss-reactive ketones (excluding diaryl/α,β-unsaturated/α-hetero) is 1. The molecule has 1 heterocycles. The Bertz CT molecular complexity index is 708. The molecule has 5 nitrogen and oxygen atoms in total. The molecular formula is C16H14O5. The standard InChI is InChI=1S/C16H14O5/c1-20-11-4-2-3-9(5-11)14-8-13(19)16-12(18)6-10(17)7-15(16)21-14/h2-7,14,17-18H,8H2,1H3. The van der Waals surface area contributed by atoms with Crippen LogP contribution in [0.3, 0.4) is 0 Å². The lowest BCUT2D eigenvalue weighted by molar-refractivity contribution is 0.0844. The number of hydrogen-bond donors (Lipinski definition) is 2. The Kier molecular flexibility index (Phi) is 3.17. The molecule has 1 aliphatic heterocycles. The average Bonchev–Trinajstić information content (AvgIpc) is 2.46. The SMILES string of the molecule is COc1cccc(C2CC(=O)c3c(O)cc(O)cc3O2)c1. The summed E-state index contributed by atoms with van der Waals surface area (Å²) in [6.45, 7) is 0. The molecule has 0 amide bonds. The van der Waals surface area contributed by atoms with Crippen LogP contribution in [-0.2, 0) is 0 Å². The van der Waals surface area contributed by atoms with Crippen LogP contribution in [0.25, 0.3) is 0 Å². The molecule has 2 aromatic rings. The van der Waals surface area contributed by atoms with Crippen molar-refractivity contribution in [1.29, 1.82) is 0 Å². The summed E-state index contributed by atoms with van der Waals surface area (Å²) < 4.78 is 10.9. The molecule has 2 N–H and O–H groups in total. The number of ketones is 1. The summed E-state index contributed by atoms with van der Waals surface area (Å²) in [4.78, 5) is 12.2. The molecule has 0 saturated heterocycles. The second-order valence-corrected chi connectivity index (χ2v) is 4.85. The third-order valence-electron chi connectivity index (χ3n) is 3.45. The molecule has 1 unspecified atom stereocenters. The van der Waals surface area contributed by atoms with Gasteiger partial charge < -0.3 is 19.7 Å². The molecule has 1 aliphatic rings. The normalized spacial score (nSPS) is 17.0. The number of phenols is 2.